The summed E-state index contributed by atoms with van der Waals surface area (Å²) in [6.45, 7) is 7.02. The number of aryl methyl sites for hydroxylation is 2. The van der Waals surface area contributed by atoms with Crippen LogP contribution in [0.1, 0.15) is 41.8 Å². The van der Waals surface area contributed by atoms with Crippen LogP contribution in [0.2, 0.25) is 0 Å². The second-order valence-electron chi connectivity index (χ2n) is 5.69. The Morgan fingerprint density at radius 1 is 1.16 bits per heavy atom. The van der Waals surface area contributed by atoms with E-state index in [2.05, 4.69) is 39.0 Å². The zero-order valence-electron chi connectivity index (χ0n) is 15.5. The van der Waals surface area contributed by atoms with Crippen molar-refractivity contribution in [2.45, 2.75) is 39.7 Å². The van der Waals surface area contributed by atoms with Crippen LogP contribution in [-0.2, 0) is 10.6 Å². The smallest absolute Gasteiger partial charge is 0.150 e. The maximum absolute atomic E-state index is 10.0. The number of carbonyl (C=O) groups is 1. The van der Waals surface area contributed by atoms with Gasteiger partial charge in [0.15, 0.2) is 0 Å². The number of hydrogen-bond donors (Lipinski definition) is 0. The number of rotatable bonds is 8. The van der Waals surface area contributed by atoms with Crippen molar-refractivity contribution >= 4 is 18.3 Å². The van der Waals surface area contributed by atoms with Crippen LogP contribution in [0.25, 0.3) is 0 Å². The van der Waals surface area contributed by atoms with Gasteiger partial charge in [0, 0.05) is 18.2 Å². The summed E-state index contributed by atoms with van der Waals surface area (Å²) in [5.41, 5.74) is 3.30. The first-order valence-electron chi connectivity index (χ1n) is 8.52. The fraction of sp³-hybridized carbons (Fsp3) is 0.381. The third kappa shape index (κ3) is 8.75. The van der Waals surface area contributed by atoms with Gasteiger partial charge in [-0.3, -0.25) is 4.79 Å². The molecule has 0 fully saturated rings. The van der Waals surface area contributed by atoms with Gasteiger partial charge in [-0.25, -0.2) is 0 Å². The molecule has 0 radical (unpaired) electrons. The number of hydrogen-bond acceptors (Lipinski definition) is 4. The van der Waals surface area contributed by atoms with Crippen molar-refractivity contribution in [3.05, 3.63) is 65.2 Å². The van der Waals surface area contributed by atoms with E-state index < -0.39 is 0 Å². The summed E-state index contributed by atoms with van der Waals surface area (Å²) in [7, 11) is 0. The van der Waals surface area contributed by atoms with Gasteiger partial charge >= 0.3 is 0 Å². The summed E-state index contributed by atoms with van der Waals surface area (Å²) in [5, 5.41) is 0. The molecule has 0 heterocycles. The predicted molar refractivity (Wildman–Crippen MR) is 107 cm³/mol. The van der Waals surface area contributed by atoms with E-state index in [4.69, 9.17) is 8.92 Å². The SMILES string of the molecule is CCc1ccc(OCCC(C)OSC)c(C)c1.O=Cc1ccccc1. The predicted octanol–water partition coefficient (Wildman–Crippen LogP) is 5.51. The van der Waals surface area contributed by atoms with Crippen LogP contribution >= 0.6 is 12.0 Å². The van der Waals surface area contributed by atoms with E-state index in [-0.39, 0.29) is 6.10 Å². The maximum Gasteiger partial charge on any atom is 0.150 e. The molecule has 0 aliphatic carbocycles. The lowest BCUT2D eigenvalue weighted by molar-refractivity contribution is 0.112. The van der Waals surface area contributed by atoms with Crippen molar-refractivity contribution < 1.29 is 13.7 Å². The van der Waals surface area contributed by atoms with Gasteiger partial charge in [-0.05, 0) is 49.5 Å². The largest absolute Gasteiger partial charge is 0.493 e. The Kier molecular flexibility index (Phi) is 10.7. The van der Waals surface area contributed by atoms with Gasteiger partial charge in [-0.15, -0.1) is 0 Å². The van der Waals surface area contributed by atoms with E-state index in [9.17, 15) is 4.79 Å². The molecule has 1 atom stereocenters. The quantitative estimate of drug-likeness (QED) is 0.459. The highest BCUT2D eigenvalue weighted by atomic mass is 32.2. The Bertz CT molecular complexity index is 614. The van der Waals surface area contributed by atoms with E-state index in [0.29, 0.717) is 6.61 Å². The highest BCUT2D eigenvalue weighted by molar-refractivity contribution is 7.93. The summed E-state index contributed by atoms with van der Waals surface area (Å²) < 4.78 is 11.1. The maximum atomic E-state index is 10.0. The molecule has 4 heteroatoms. The van der Waals surface area contributed by atoms with Crippen molar-refractivity contribution in [2.75, 3.05) is 12.9 Å². The summed E-state index contributed by atoms with van der Waals surface area (Å²) >= 11 is 1.41. The Hall–Kier alpha value is -1.78. The normalized spacial score (nSPS) is 11.2. The van der Waals surface area contributed by atoms with E-state index in [1.165, 1.54) is 23.2 Å². The van der Waals surface area contributed by atoms with Gasteiger partial charge in [0.2, 0.25) is 0 Å². The van der Waals surface area contributed by atoms with Crippen LogP contribution in [0.5, 0.6) is 5.75 Å². The number of aldehydes is 1. The fourth-order valence-electron chi connectivity index (χ4n) is 2.17. The van der Waals surface area contributed by atoms with E-state index in [0.717, 1.165) is 30.4 Å². The third-order valence-corrected chi connectivity index (χ3v) is 4.15. The summed E-state index contributed by atoms with van der Waals surface area (Å²) in [6, 6.07) is 15.5. The lowest BCUT2D eigenvalue weighted by Gasteiger charge is -2.13. The fourth-order valence-corrected chi connectivity index (χ4v) is 2.60. The van der Waals surface area contributed by atoms with Crippen molar-refractivity contribution in [1.82, 2.24) is 0 Å². The molecule has 0 bridgehead atoms. The monoisotopic (exact) mass is 360 g/mol. The molecular weight excluding hydrogens is 332 g/mol. The second kappa shape index (κ2) is 12.6. The molecular formula is C21H28O3S. The van der Waals surface area contributed by atoms with E-state index in [1.807, 2.05) is 24.5 Å². The van der Waals surface area contributed by atoms with Crippen LogP contribution in [0, 0.1) is 6.92 Å². The summed E-state index contributed by atoms with van der Waals surface area (Å²) in [6.07, 6.45) is 4.99. The second-order valence-corrected chi connectivity index (χ2v) is 6.22. The van der Waals surface area contributed by atoms with E-state index in [1.54, 1.807) is 12.1 Å². The van der Waals surface area contributed by atoms with Crippen LogP contribution < -0.4 is 4.74 Å². The van der Waals surface area contributed by atoms with Crippen LogP contribution in [0.4, 0.5) is 0 Å². The Morgan fingerprint density at radius 2 is 1.88 bits per heavy atom. The zero-order valence-corrected chi connectivity index (χ0v) is 16.3. The minimum atomic E-state index is 0.236. The molecule has 2 rings (SSSR count). The van der Waals surface area contributed by atoms with Gasteiger partial charge in [-0.2, -0.15) is 0 Å². The van der Waals surface area contributed by atoms with Crippen molar-refractivity contribution in [3.8, 4) is 5.75 Å². The molecule has 0 spiro atoms. The number of ether oxygens (including phenoxy) is 1. The van der Waals surface area contributed by atoms with Crippen molar-refractivity contribution in [3.63, 3.8) is 0 Å². The van der Waals surface area contributed by atoms with Crippen LogP contribution in [0.15, 0.2) is 48.5 Å². The van der Waals surface area contributed by atoms with Crippen LogP contribution in [-0.4, -0.2) is 25.3 Å². The third-order valence-electron chi connectivity index (χ3n) is 3.63. The summed E-state index contributed by atoms with van der Waals surface area (Å²) in [4.78, 5) is 10.0. The molecule has 0 saturated heterocycles. The lowest BCUT2D eigenvalue weighted by Crippen LogP contribution is -2.10. The highest BCUT2D eigenvalue weighted by Crippen LogP contribution is 2.20. The molecule has 0 N–H and O–H groups in total. The van der Waals surface area contributed by atoms with Gasteiger partial charge in [0.1, 0.15) is 12.0 Å². The average Bonchev–Trinajstić information content (AvgIpc) is 2.64. The highest BCUT2D eigenvalue weighted by Gasteiger charge is 2.04. The van der Waals surface area contributed by atoms with Gasteiger partial charge < -0.3 is 8.92 Å². The van der Waals surface area contributed by atoms with Crippen molar-refractivity contribution in [2.24, 2.45) is 0 Å². The molecule has 0 saturated carbocycles. The van der Waals surface area contributed by atoms with Crippen molar-refractivity contribution in [1.29, 1.82) is 0 Å². The molecule has 3 nitrogen and oxygen atoms in total. The van der Waals surface area contributed by atoms with E-state index >= 15 is 0 Å². The molecule has 1 unspecified atom stereocenters. The zero-order chi connectivity index (χ0) is 18.5. The first-order chi connectivity index (χ1) is 12.1. The molecule has 0 aliphatic rings. The number of benzene rings is 2. The number of carbonyl (C=O) groups excluding carboxylic acids is 1. The molecule has 0 amide bonds. The minimum Gasteiger partial charge on any atom is -0.493 e. The lowest BCUT2D eigenvalue weighted by atomic mass is 10.1. The Balaban J connectivity index is 0.000000324. The topological polar surface area (TPSA) is 35.5 Å². The molecule has 0 aromatic heterocycles. The van der Waals surface area contributed by atoms with Crippen LogP contribution in [0.3, 0.4) is 0 Å². The molecule has 2 aromatic carbocycles. The van der Waals surface area contributed by atoms with Gasteiger partial charge in [-0.1, -0.05) is 49.4 Å². The average molecular weight is 361 g/mol. The molecule has 2 aromatic rings. The Labute approximate surface area is 155 Å². The first kappa shape index (κ1) is 21.3. The summed E-state index contributed by atoms with van der Waals surface area (Å²) in [5.74, 6) is 0.985. The molecule has 25 heavy (non-hydrogen) atoms. The molecule has 0 aliphatic heterocycles. The minimum absolute atomic E-state index is 0.236. The first-order valence-corrected chi connectivity index (χ1v) is 9.67. The van der Waals surface area contributed by atoms with Gasteiger partial charge in [0.25, 0.3) is 0 Å². The molecule has 136 valence electrons. The Morgan fingerprint density at radius 3 is 2.40 bits per heavy atom. The van der Waals surface area contributed by atoms with Gasteiger partial charge in [0.05, 0.1) is 12.7 Å². The standard InChI is InChI=1S/C14H22O2S.C7H6O/c1-5-13-6-7-14(11(2)10-13)15-9-8-12(3)16-17-4;8-6-7-4-2-1-3-5-7/h6-7,10,12H,5,8-9H2,1-4H3;1-6H.